The Hall–Kier alpha value is -2.37. The number of rotatable bonds is 7. The van der Waals surface area contributed by atoms with E-state index in [4.69, 9.17) is 0 Å². The van der Waals surface area contributed by atoms with Crippen molar-refractivity contribution in [3.8, 4) is 0 Å². The zero-order chi connectivity index (χ0) is 18.6. The molecule has 1 aliphatic rings. The highest BCUT2D eigenvalue weighted by molar-refractivity contribution is 6.08. The van der Waals surface area contributed by atoms with Crippen LogP contribution in [0.25, 0.3) is 0 Å². The van der Waals surface area contributed by atoms with Crippen LogP contribution < -0.4 is 10.6 Å². The predicted octanol–water partition coefficient (Wildman–Crippen LogP) is 2.61. The van der Waals surface area contributed by atoms with Crippen LogP contribution in [-0.4, -0.2) is 34.8 Å². The van der Waals surface area contributed by atoms with Crippen LogP contribution in [0, 0.1) is 5.92 Å². The second-order valence-electron chi connectivity index (χ2n) is 7.29. The molecular weight excluding hydrogens is 318 g/mol. The first kappa shape index (κ1) is 19.0. The monoisotopic (exact) mass is 345 g/mol. The quantitative estimate of drug-likeness (QED) is 0.746. The van der Waals surface area contributed by atoms with Gasteiger partial charge in [0, 0.05) is 0 Å². The van der Waals surface area contributed by atoms with Gasteiger partial charge in [0.2, 0.25) is 5.91 Å². The third kappa shape index (κ3) is 4.59. The lowest BCUT2D eigenvalue weighted by molar-refractivity contribution is -0.135. The first-order valence-electron chi connectivity index (χ1n) is 8.71. The zero-order valence-corrected chi connectivity index (χ0v) is 15.3. The first-order valence-corrected chi connectivity index (χ1v) is 8.71. The molecule has 2 atom stereocenters. The normalized spacial score (nSPS) is 21.4. The molecule has 2 rings (SSSR count). The molecule has 1 heterocycles. The van der Waals surface area contributed by atoms with Crippen LogP contribution in [0.2, 0.25) is 0 Å². The van der Waals surface area contributed by atoms with Crippen molar-refractivity contribution in [2.45, 2.75) is 52.1 Å². The molecule has 6 heteroatoms. The second-order valence-corrected chi connectivity index (χ2v) is 7.29. The molecule has 0 bridgehead atoms. The van der Waals surface area contributed by atoms with Gasteiger partial charge in [-0.1, -0.05) is 44.2 Å². The summed E-state index contributed by atoms with van der Waals surface area (Å²) in [5.74, 6) is -0.251. The van der Waals surface area contributed by atoms with Crippen molar-refractivity contribution in [3.05, 3.63) is 35.9 Å². The fourth-order valence-electron chi connectivity index (χ4n) is 2.89. The summed E-state index contributed by atoms with van der Waals surface area (Å²) in [6.45, 7) is 7.46. The number of hydrogen-bond donors (Lipinski definition) is 2. The maximum atomic E-state index is 12.6. The van der Waals surface area contributed by atoms with Gasteiger partial charge < -0.3 is 10.6 Å². The Morgan fingerprint density at radius 1 is 1.20 bits per heavy atom. The minimum Gasteiger partial charge on any atom is -0.348 e. The van der Waals surface area contributed by atoms with Gasteiger partial charge in [-0.25, -0.2) is 4.79 Å². The van der Waals surface area contributed by atoms with Crippen LogP contribution in [0.4, 0.5) is 4.79 Å². The summed E-state index contributed by atoms with van der Waals surface area (Å²) in [6, 6.07) is 8.85. The number of hydrogen-bond acceptors (Lipinski definition) is 3. The molecular formula is C19H27N3O3. The molecule has 4 amide bonds. The van der Waals surface area contributed by atoms with Gasteiger partial charge in [-0.3, -0.25) is 14.5 Å². The summed E-state index contributed by atoms with van der Waals surface area (Å²) in [5.41, 5.74) is 0.0435. The first-order chi connectivity index (χ1) is 11.7. The average Bonchev–Trinajstić information content (AvgIpc) is 2.77. The van der Waals surface area contributed by atoms with E-state index in [1.54, 1.807) is 6.92 Å². The van der Waals surface area contributed by atoms with E-state index in [1.807, 2.05) is 37.3 Å². The summed E-state index contributed by atoms with van der Waals surface area (Å²) < 4.78 is 0. The third-order valence-corrected chi connectivity index (χ3v) is 4.55. The highest BCUT2D eigenvalue weighted by atomic mass is 16.2. The van der Waals surface area contributed by atoms with Crippen molar-refractivity contribution < 1.29 is 14.4 Å². The van der Waals surface area contributed by atoms with E-state index in [0.717, 1.165) is 16.9 Å². The third-order valence-electron chi connectivity index (χ3n) is 4.55. The van der Waals surface area contributed by atoms with Crippen LogP contribution in [0.5, 0.6) is 0 Å². The molecule has 6 nitrogen and oxygen atoms in total. The van der Waals surface area contributed by atoms with Crippen LogP contribution >= 0.6 is 0 Å². The van der Waals surface area contributed by atoms with E-state index < -0.39 is 11.6 Å². The maximum Gasteiger partial charge on any atom is 0.325 e. The molecule has 0 spiro atoms. The van der Waals surface area contributed by atoms with E-state index >= 15 is 0 Å². The number of nitrogens with zero attached hydrogens (tertiary/aromatic N) is 1. The average molecular weight is 345 g/mol. The van der Waals surface area contributed by atoms with E-state index in [-0.39, 0.29) is 24.4 Å². The number of imide groups is 1. The number of amides is 4. The van der Waals surface area contributed by atoms with Gasteiger partial charge in [-0.2, -0.15) is 0 Å². The van der Waals surface area contributed by atoms with Gasteiger partial charge in [0.15, 0.2) is 0 Å². The van der Waals surface area contributed by atoms with Gasteiger partial charge in [0.05, 0.1) is 6.04 Å². The number of benzene rings is 1. The van der Waals surface area contributed by atoms with Crippen LogP contribution in [0.3, 0.4) is 0 Å². The Morgan fingerprint density at radius 3 is 2.44 bits per heavy atom. The molecule has 1 aliphatic heterocycles. The topological polar surface area (TPSA) is 78.5 Å². The molecule has 136 valence electrons. The van der Waals surface area contributed by atoms with Crippen LogP contribution in [0.1, 0.15) is 52.1 Å². The molecule has 2 N–H and O–H groups in total. The second kappa shape index (κ2) is 7.68. The number of urea groups is 1. The predicted molar refractivity (Wildman–Crippen MR) is 95.7 cm³/mol. The molecule has 1 aromatic rings. The molecule has 2 unspecified atom stereocenters. The minimum atomic E-state index is -0.924. The van der Waals surface area contributed by atoms with Gasteiger partial charge in [-0.05, 0) is 38.2 Å². The van der Waals surface area contributed by atoms with Crippen molar-refractivity contribution in [1.29, 1.82) is 0 Å². The SMILES string of the molecule is CC(C)CCC1(C)NC(=O)N(CC(=O)NC(C)c2ccccc2)C1=O. The Labute approximate surface area is 149 Å². The summed E-state index contributed by atoms with van der Waals surface area (Å²) >= 11 is 0. The Bertz CT molecular complexity index is 645. The van der Waals surface area contributed by atoms with Gasteiger partial charge in [0.1, 0.15) is 12.1 Å². The van der Waals surface area contributed by atoms with Crippen molar-refractivity contribution >= 4 is 17.8 Å². The van der Waals surface area contributed by atoms with Crippen molar-refractivity contribution in [1.82, 2.24) is 15.5 Å². The Morgan fingerprint density at radius 2 is 1.84 bits per heavy atom. The Kier molecular flexibility index (Phi) is 5.82. The number of carbonyl (C=O) groups is 3. The molecule has 0 aromatic heterocycles. The van der Waals surface area contributed by atoms with E-state index in [0.29, 0.717) is 12.3 Å². The molecule has 0 radical (unpaired) electrons. The van der Waals surface area contributed by atoms with Crippen molar-refractivity contribution in [3.63, 3.8) is 0 Å². The Balaban J connectivity index is 1.96. The lowest BCUT2D eigenvalue weighted by atomic mass is 9.92. The van der Waals surface area contributed by atoms with Gasteiger partial charge in [0.25, 0.3) is 5.91 Å². The van der Waals surface area contributed by atoms with E-state index in [2.05, 4.69) is 24.5 Å². The lowest BCUT2D eigenvalue weighted by Crippen LogP contribution is -2.45. The van der Waals surface area contributed by atoms with E-state index in [9.17, 15) is 14.4 Å². The highest BCUT2D eigenvalue weighted by Gasteiger charge is 2.47. The maximum absolute atomic E-state index is 12.6. The zero-order valence-electron chi connectivity index (χ0n) is 15.3. The lowest BCUT2D eigenvalue weighted by Gasteiger charge is -2.22. The molecule has 1 aromatic carbocycles. The van der Waals surface area contributed by atoms with Crippen molar-refractivity contribution in [2.24, 2.45) is 5.92 Å². The van der Waals surface area contributed by atoms with Gasteiger partial charge in [-0.15, -0.1) is 0 Å². The minimum absolute atomic E-state index is 0.193. The number of carbonyl (C=O) groups excluding carboxylic acids is 3. The molecule has 0 aliphatic carbocycles. The summed E-state index contributed by atoms with van der Waals surface area (Å²) in [4.78, 5) is 38.0. The largest absolute Gasteiger partial charge is 0.348 e. The van der Waals surface area contributed by atoms with Crippen molar-refractivity contribution in [2.75, 3.05) is 6.54 Å². The fraction of sp³-hybridized carbons (Fsp3) is 0.526. The number of nitrogens with one attached hydrogen (secondary N) is 2. The van der Waals surface area contributed by atoms with Crippen LogP contribution in [0.15, 0.2) is 30.3 Å². The summed E-state index contributed by atoms with van der Waals surface area (Å²) in [7, 11) is 0. The molecule has 1 saturated heterocycles. The highest BCUT2D eigenvalue weighted by Crippen LogP contribution is 2.24. The van der Waals surface area contributed by atoms with Crippen LogP contribution in [-0.2, 0) is 9.59 Å². The van der Waals surface area contributed by atoms with E-state index in [1.165, 1.54) is 0 Å². The van der Waals surface area contributed by atoms with Gasteiger partial charge >= 0.3 is 6.03 Å². The summed E-state index contributed by atoms with van der Waals surface area (Å²) in [5, 5.41) is 5.56. The molecule has 1 fully saturated rings. The standard InChI is InChI=1S/C19H27N3O3/c1-13(2)10-11-19(4)17(24)22(18(25)21-19)12-16(23)20-14(3)15-8-6-5-7-9-15/h5-9,13-14H,10-12H2,1-4H3,(H,20,23)(H,21,25). The summed E-state index contributed by atoms with van der Waals surface area (Å²) in [6.07, 6.45) is 1.39. The fourth-order valence-corrected chi connectivity index (χ4v) is 2.89. The smallest absolute Gasteiger partial charge is 0.325 e. The molecule has 0 saturated carbocycles. The molecule has 25 heavy (non-hydrogen) atoms.